The van der Waals surface area contributed by atoms with Crippen LogP contribution in [0.1, 0.15) is 56.7 Å². The van der Waals surface area contributed by atoms with Gasteiger partial charge in [-0.15, -0.1) is 0 Å². The summed E-state index contributed by atoms with van der Waals surface area (Å²) in [6.07, 6.45) is 10.7. The van der Waals surface area contributed by atoms with Crippen LogP contribution in [0, 0.1) is 17.5 Å². The van der Waals surface area contributed by atoms with E-state index in [1.165, 1.54) is 4.57 Å². The van der Waals surface area contributed by atoms with Crippen molar-refractivity contribution in [2.75, 3.05) is 14.2 Å². The van der Waals surface area contributed by atoms with Crippen molar-refractivity contribution in [1.29, 1.82) is 0 Å². The summed E-state index contributed by atoms with van der Waals surface area (Å²) in [5, 5.41) is 0. The Morgan fingerprint density at radius 3 is 1.37 bits per heavy atom. The topological polar surface area (TPSA) is 162 Å². The Morgan fingerprint density at radius 2 is 0.910 bits per heavy atom. The summed E-state index contributed by atoms with van der Waals surface area (Å²) in [5.74, 6) is -2.16. The van der Waals surface area contributed by atoms with Gasteiger partial charge in [-0.1, -0.05) is 12.1 Å². The second-order valence-corrected chi connectivity index (χ2v) is 16.3. The van der Waals surface area contributed by atoms with E-state index in [1.807, 2.05) is 72.8 Å². The minimum Gasteiger partial charge on any atom is -0.497 e. The van der Waals surface area contributed by atoms with E-state index in [1.54, 1.807) is 54.1 Å². The largest absolute Gasteiger partial charge is 0.497 e. The summed E-state index contributed by atoms with van der Waals surface area (Å²) in [4.78, 5) is 64.5. The predicted octanol–water partition coefficient (Wildman–Crippen LogP) is 8.81. The van der Waals surface area contributed by atoms with Gasteiger partial charge in [-0.2, -0.15) is 0 Å². The average Bonchev–Trinajstić information content (AvgIpc) is 4.18. The summed E-state index contributed by atoms with van der Waals surface area (Å²) in [7, 11) is 3.22. The third kappa shape index (κ3) is 8.39. The molecule has 0 atom stereocenters. The standard InChI is InChI=1S/2C17H15N3O2.C16H10F3N3O/c1-22-13-8-4-11(5-9-13)15-17(21)20(12-6-7-12)16-14(19-15)3-2-10-18-16;1-22-14-7-3-2-5-12(14)15-17(21)20(11-8-9-11)16-13(19-15)6-4-10-18-16;17-10-7-12(19)11(18)6-9(10)14-16(23)22(8-3-4-8)15-13(21-14)2-1-5-20-15/h2-5,8-10,12H,6-7H2,1H3;2-7,10-11H,8-9H2,1H3;1-2,5-8H,3-4H2. The number of ether oxygens (including phenoxy) is 2. The number of pyridine rings is 3. The second-order valence-electron chi connectivity index (χ2n) is 16.3. The fourth-order valence-corrected chi connectivity index (χ4v) is 7.97. The van der Waals surface area contributed by atoms with Crippen LogP contribution >= 0.6 is 0 Å². The molecule has 12 rings (SSSR count). The molecule has 17 heteroatoms. The van der Waals surface area contributed by atoms with Crippen LogP contribution in [-0.4, -0.2) is 57.8 Å². The summed E-state index contributed by atoms with van der Waals surface area (Å²) in [5.41, 5.74) is 4.71. The van der Waals surface area contributed by atoms with Crippen LogP contribution in [-0.2, 0) is 0 Å². The van der Waals surface area contributed by atoms with Gasteiger partial charge in [-0.05, 0) is 117 Å². The van der Waals surface area contributed by atoms with Crippen LogP contribution in [0.15, 0.2) is 130 Å². The number of fused-ring (bicyclic) bond motifs is 3. The Labute approximate surface area is 379 Å². The minimum absolute atomic E-state index is 0.0185. The summed E-state index contributed by atoms with van der Waals surface area (Å²) < 4.78 is 56.2. The molecule has 0 radical (unpaired) electrons. The highest BCUT2D eigenvalue weighted by Crippen LogP contribution is 2.38. The molecule has 9 aromatic rings. The third-order valence-corrected chi connectivity index (χ3v) is 11.7. The lowest BCUT2D eigenvalue weighted by molar-refractivity contribution is 0.415. The maximum Gasteiger partial charge on any atom is 0.279 e. The maximum absolute atomic E-state index is 14.0. The molecule has 0 aliphatic heterocycles. The predicted molar refractivity (Wildman–Crippen MR) is 245 cm³/mol. The molecule has 0 bridgehead atoms. The van der Waals surface area contributed by atoms with E-state index in [9.17, 15) is 27.6 Å². The SMILES string of the molecule is COc1ccc(-c2nc3cccnc3n(C3CC3)c2=O)cc1.COc1ccccc1-c1nc2cccnc2n(C2CC2)c1=O.O=c1c(-c2cc(F)c(F)cc2F)nc2cccnc2n1C1CC1. The minimum atomic E-state index is -1.31. The first-order chi connectivity index (χ1) is 32.6. The lowest BCUT2D eigenvalue weighted by Gasteiger charge is -2.12. The first kappa shape index (κ1) is 42.8. The van der Waals surface area contributed by atoms with Gasteiger partial charge < -0.3 is 9.47 Å². The normalized spacial score (nSPS) is 14.3. The lowest BCUT2D eigenvalue weighted by atomic mass is 10.1. The molecule has 3 aliphatic carbocycles. The van der Waals surface area contributed by atoms with Crippen molar-refractivity contribution in [2.45, 2.75) is 56.7 Å². The Balaban J connectivity index is 0.000000118. The molecular formula is C50H40F3N9O5. The van der Waals surface area contributed by atoms with Crippen LogP contribution in [0.4, 0.5) is 13.2 Å². The van der Waals surface area contributed by atoms with Crippen molar-refractivity contribution in [2.24, 2.45) is 0 Å². The van der Waals surface area contributed by atoms with Crippen LogP contribution in [0.2, 0.25) is 0 Å². The van der Waals surface area contributed by atoms with E-state index in [0.717, 1.165) is 66.4 Å². The van der Waals surface area contributed by atoms with Crippen LogP contribution < -0.4 is 26.2 Å². The van der Waals surface area contributed by atoms with Gasteiger partial charge in [0.15, 0.2) is 28.6 Å². The Hall–Kier alpha value is -8.08. The first-order valence-electron chi connectivity index (χ1n) is 21.7. The maximum atomic E-state index is 14.0. The molecule has 0 amide bonds. The quantitative estimate of drug-likeness (QED) is 0.134. The molecule has 3 saturated carbocycles. The smallest absolute Gasteiger partial charge is 0.279 e. The molecule has 0 unspecified atom stereocenters. The number of hydrogen-bond acceptors (Lipinski definition) is 11. The highest BCUT2D eigenvalue weighted by atomic mass is 19.2. The molecule has 3 aliphatic rings. The third-order valence-electron chi connectivity index (χ3n) is 11.7. The molecule has 336 valence electrons. The first-order valence-corrected chi connectivity index (χ1v) is 21.7. The summed E-state index contributed by atoms with van der Waals surface area (Å²) >= 11 is 0. The molecule has 0 N–H and O–H groups in total. The molecule has 67 heavy (non-hydrogen) atoms. The van der Waals surface area contributed by atoms with Crippen LogP contribution in [0.3, 0.4) is 0 Å². The van der Waals surface area contributed by atoms with E-state index in [-0.39, 0.29) is 40.5 Å². The van der Waals surface area contributed by atoms with Crippen molar-refractivity contribution in [3.63, 3.8) is 0 Å². The van der Waals surface area contributed by atoms with Gasteiger partial charge in [0.2, 0.25) is 0 Å². The van der Waals surface area contributed by atoms with Gasteiger partial charge in [0.25, 0.3) is 16.7 Å². The van der Waals surface area contributed by atoms with Gasteiger partial charge in [0, 0.05) is 59.5 Å². The monoisotopic (exact) mass is 903 g/mol. The molecule has 3 aromatic carbocycles. The van der Waals surface area contributed by atoms with Crippen LogP contribution in [0.25, 0.3) is 67.3 Å². The number of aromatic nitrogens is 9. The van der Waals surface area contributed by atoms with E-state index < -0.39 is 23.0 Å². The van der Waals surface area contributed by atoms with E-state index in [4.69, 9.17) is 9.47 Å². The van der Waals surface area contributed by atoms with Crippen molar-refractivity contribution in [3.05, 3.63) is 164 Å². The van der Waals surface area contributed by atoms with E-state index in [0.29, 0.717) is 51.7 Å². The highest BCUT2D eigenvalue weighted by Gasteiger charge is 2.31. The molecule has 0 saturated heterocycles. The van der Waals surface area contributed by atoms with Crippen molar-refractivity contribution in [3.8, 4) is 45.3 Å². The summed E-state index contributed by atoms with van der Waals surface area (Å²) in [6, 6.07) is 27.2. The second kappa shape index (κ2) is 17.7. The Kier molecular flexibility index (Phi) is 11.3. The number of halogens is 3. The van der Waals surface area contributed by atoms with Gasteiger partial charge in [0.05, 0.1) is 14.2 Å². The van der Waals surface area contributed by atoms with Crippen molar-refractivity contribution >= 4 is 33.5 Å². The van der Waals surface area contributed by atoms with Gasteiger partial charge in [0.1, 0.15) is 50.9 Å². The number of methoxy groups -OCH3 is 2. The number of para-hydroxylation sites is 1. The molecule has 6 heterocycles. The Bertz CT molecular complexity index is 3550. The molecule has 3 fully saturated rings. The van der Waals surface area contributed by atoms with E-state index >= 15 is 0 Å². The number of rotatable bonds is 8. The zero-order valence-electron chi connectivity index (χ0n) is 36.1. The lowest BCUT2D eigenvalue weighted by Crippen LogP contribution is -2.24. The Morgan fingerprint density at radius 1 is 0.478 bits per heavy atom. The average molecular weight is 904 g/mol. The number of hydrogen-bond donors (Lipinski definition) is 0. The van der Waals surface area contributed by atoms with E-state index in [2.05, 4.69) is 29.9 Å². The van der Waals surface area contributed by atoms with Crippen molar-refractivity contribution in [1.82, 2.24) is 43.6 Å². The fraction of sp³-hybridized carbons (Fsp3) is 0.220. The summed E-state index contributed by atoms with van der Waals surface area (Å²) in [6.45, 7) is 0. The van der Waals surface area contributed by atoms with Gasteiger partial charge >= 0.3 is 0 Å². The molecule has 0 spiro atoms. The molecule has 6 aromatic heterocycles. The highest BCUT2D eigenvalue weighted by molar-refractivity contribution is 5.77. The van der Waals surface area contributed by atoms with Crippen LogP contribution in [0.5, 0.6) is 11.5 Å². The molecular weight excluding hydrogens is 864 g/mol. The van der Waals surface area contributed by atoms with Gasteiger partial charge in [-0.3, -0.25) is 28.1 Å². The van der Waals surface area contributed by atoms with Crippen molar-refractivity contribution < 1.29 is 22.6 Å². The zero-order valence-corrected chi connectivity index (χ0v) is 36.1. The fourth-order valence-electron chi connectivity index (χ4n) is 7.97. The van der Waals surface area contributed by atoms with Gasteiger partial charge in [-0.25, -0.2) is 43.1 Å². The molecule has 14 nitrogen and oxygen atoms in total. The number of nitrogens with zero attached hydrogens (tertiary/aromatic N) is 9. The number of benzene rings is 3. The zero-order chi connectivity index (χ0) is 46.3.